The Kier molecular flexibility index (Phi) is 3.78. The highest BCUT2D eigenvalue weighted by atomic mass is 79.9. The fraction of sp³-hybridized carbons (Fsp3) is 0.312. The molecule has 1 aromatic rings. The van der Waals surface area contributed by atoms with Gasteiger partial charge in [0, 0.05) is 4.47 Å². The number of halogens is 1. The minimum atomic E-state index is -1.02. The van der Waals surface area contributed by atoms with E-state index >= 15 is 0 Å². The first kappa shape index (κ1) is 14.9. The van der Waals surface area contributed by atoms with E-state index in [0.717, 1.165) is 22.0 Å². The van der Waals surface area contributed by atoms with Gasteiger partial charge >= 0.3 is 0 Å². The molecule has 0 amide bonds. The van der Waals surface area contributed by atoms with Crippen LogP contribution in [-0.2, 0) is 16.0 Å². The van der Waals surface area contributed by atoms with Crippen LogP contribution in [-0.4, -0.2) is 16.5 Å². The molecule has 2 rings (SSSR count). The highest BCUT2D eigenvalue weighted by Gasteiger charge is 2.41. The van der Waals surface area contributed by atoms with Gasteiger partial charge in [0.15, 0.2) is 17.1 Å². The summed E-state index contributed by atoms with van der Waals surface area (Å²) in [4.78, 5) is 12.6. The van der Waals surface area contributed by atoms with Crippen LogP contribution in [0.2, 0.25) is 0 Å². The summed E-state index contributed by atoms with van der Waals surface area (Å²) in [5.41, 5.74) is 0.978. The number of rotatable bonds is 2. The third-order valence-electron chi connectivity index (χ3n) is 3.38. The Hall–Kier alpha value is -1.55. The molecule has 1 heterocycles. The number of carbonyl (C=O) groups is 1. The van der Waals surface area contributed by atoms with Crippen LogP contribution >= 0.6 is 15.9 Å². The summed E-state index contributed by atoms with van der Waals surface area (Å²) in [6.45, 7) is 9.05. The molecule has 0 radical (unpaired) electrons. The Morgan fingerprint density at radius 1 is 1.40 bits per heavy atom. The summed E-state index contributed by atoms with van der Waals surface area (Å²) in [6.07, 6.45) is 0.764. The Morgan fingerprint density at radius 3 is 2.65 bits per heavy atom. The lowest BCUT2D eigenvalue weighted by Crippen LogP contribution is -2.39. The van der Waals surface area contributed by atoms with Gasteiger partial charge in [0.05, 0.1) is 5.57 Å². The number of carbonyl (C=O) groups excluding carboxylic acids is 1. The van der Waals surface area contributed by atoms with Crippen LogP contribution in [0.25, 0.3) is 5.57 Å². The number of Topliss-reactive ketones (excluding diaryl/α,β-unsaturated/α-hetero) is 1. The SMILES string of the molecule is C=C1OC(C)(C)C(=O)C(c2cc(Br)ccc2CC)=C1O. The smallest absolute Gasteiger partial charge is 0.210 e. The van der Waals surface area contributed by atoms with E-state index in [4.69, 9.17) is 4.74 Å². The fourth-order valence-electron chi connectivity index (χ4n) is 2.29. The first-order chi connectivity index (χ1) is 9.27. The third kappa shape index (κ3) is 2.40. The number of hydrogen-bond donors (Lipinski definition) is 1. The van der Waals surface area contributed by atoms with Crippen LogP contribution in [0, 0.1) is 0 Å². The quantitative estimate of drug-likeness (QED) is 0.881. The van der Waals surface area contributed by atoms with E-state index < -0.39 is 5.60 Å². The van der Waals surface area contributed by atoms with Crippen LogP contribution < -0.4 is 0 Å². The van der Waals surface area contributed by atoms with Gasteiger partial charge < -0.3 is 9.84 Å². The fourth-order valence-corrected chi connectivity index (χ4v) is 2.65. The number of ether oxygens (including phenoxy) is 1. The van der Waals surface area contributed by atoms with E-state index in [2.05, 4.69) is 22.5 Å². The third-order valence-corrected chi connectivity index (χ3v) is 3.87. The van der Waals surface area contributed by atoms with Crippen molar-refractivity contribution in [1.29, 1.82) is 0 Å². The molecular formula is C16H17BrO3. The van der Waals surface area contributed by atoms with Crippen LogP contribution in [0.5, 0.6) is 0 Å². The Morgan fingerprint density at radius 2 is 2.05 bits per heavy atom. The molecule has 1 aliphatic heterocycles. The van der Waals surface area contributed by atoms with Gasteiger partial charge in [-0.05, 0) is 43.5 Å². The van der Waals surface area contributed by atoms with Gasteiger partial charge in [-0.3, -0.25) is 4.79 Å². The Labute approximate surface area is 127 Å². The zero-order chi connectivity index (χ0) is 15.1. The average molecular weight is 337 g/mol. The topological polar surface area (TPSA) is 46.5 Å². The lowest BCUT2D eigenvalue weighted by molar-refractivity contribution is -0.131. The zero-order valence-electron chi connectivity index (χ0n) is 11.8. The number of ketones is 1. The highest BCUT2D eigenvalue weighted by Crippen LogP contribution is 2.37. The normalized spacial score (nSPS) is 18.2. The second-order valence-electron chi connectivity index (χ2n) is 5.24. The van der Waals surface area contributed by atoms with E-state index in [1.165, 1.54) is 0 Å². The summed E-state index contributed by atoms with van der Waals surface area (Å²) >= 11 is 3.41. The number of aliphatic hydroxyl groups is 1. The molecule has 20 heavy (non-hydrogen) atoms. The number of aryl methyl sites for hydroxylation is 1. The van der Waals surface area contributed by atoms with Crippen molar-refractivity contribution in [3.63, 3.8) is 0 Å². The molecule has 0 aliphatic carbocycles. The second-order valence-corrected chi connectivity index (χ2v) is 6.16. The summed E-state index contributed by atoms with van der Waals surface area (Å²) in [6, 6.07) is 5.71. The minimum absolute atomic E-state index is 0.131. The number of hydrogen-bond acceptors (Lipinski definition) is 3. The van der Waals surface area contributed by atoms with Crippen molar-refractivity contribution in [2.75, 3.05) is 0 Å². The van der Waals surface area contributed by atoms with Crippen molar-refractivity contribution < 1.29 is 14.6 Å². The van der Waals surface area contributed by atoms with E-state index in [-0.39, 0.29) is 22.9 Å². The van der Waals surface area contributed by atoms with Crippen molar-refractivity contribution >= 4 is 27.3 Å². The maximum absolute atomic E-state index is 12.6. The Bertz CT molecular complexity index is 627. The molecule has 0 saturated heterocycles. The van der Waals surface area contributed by atoms with Gasteiger partial charge in [-0.1, -0.05) is 35.5 Å². The monoisotopic (exact) mass is 336 g/mol. The molecular weight excluding hydrogens is 320 g/mol. The standard InChI is InChI=1S/C16H17BrO3/c1-5-10-6-7-11(17)8-12(10)13-14(18)9(2)20-16(3,4)15(13)19/h6-8,18H,2,5H2,1,3-4H3. The van der Waals surface area contributed by atoms with Crippen LogP contribution in [0.15, 0.2) is 40.8 Å². The predicted octanol–water partition coefficient (Wildman–Crippen LogP) is 4.17. The number of aliphatic hydroxyl groups excluding tert-OH is 1. The van der Waals surface area contributed by atoms with E-state index in [1.807, 2.05) is 25.1 Å². The minimum Gasteiger partial charge on any atom is -0.504 e. The molecule has 106 valence electrons. The molecule has 0 bridgehead atoms. The van der Waals surface area contributed by atoms with Gasteiger partial charge in [-0.2, -0.15) is 0 Å². The van der Waals surface area contributed by atoms with Gasteiger partial charge in [0.2, 0.25) is 5.78 Å². The molecule has 1 aliphatic rings. The van der Waals surface area contributed by atoms with E-state index in [9.17, 15) is 9.90 Å². The van der Waals surface area contributed by atoms with Crippen LogP contribution in [0.1, 0.15) is 31.9 Å². The first-order valence-corrected chi connectivity index (χ1v) is 7.22. The van der Waals surface area contributed by atoms with Gasteiger partial charge in [-0.15, -0.1) is 0 Å². The highest BCUT2D eigenvalue weighted by molar-refractivity contribution is 9.10. The molecule has 0 aromatic heterocycles. The molecule has 1 aromatic carbocycles. The summed E-state index contributed by atoms with van der Waals surface area (Å²) in [5, 5.41) is 10.2. The Balaban J connectivity index is 2.72. The molecule has 4 heteroatoms. The van der Waals surface area contributed by atoms with Crippen molar-refractivity contribution in [2.45, 2.75) is 32.8 Å². The van der Waals surface area contributed by atoms with Gasteiger partial charge in [0.1, 0.15) is 0 Å². The van der Waals surface area contributed by atoms with Gasteiger partial charge in [-0.25, -0.2) is 0 Å². The first-order valence-electron chi connectivity index (χ1n) is 6.43. The second kappa shape index (κ2) is 5.09. The van der Waals surface area contributed by atoms with Crippen molar-refractivity contribution in [3.05, 3.63) is 51.9 Å². The predicted molar refractivity (Wildman–Crippen MR) is 82.4 cm³/mol. The largest absolute Gasteiger partial charge is 0.504 e. The summed E-state index contributed by atoms with van der Waals surface area (Å²) < 4.78 is 6.24. The summed E-state index contributed by atoms with van der Waals surface area (Å²) in [5.74, 6) is -0.288. The molecule has 3 nitrogen and oxygen atoms in total. The van der Waals surface area contributed by atoms with Crippen molar-refractivity contribution in [3.8, 4) is 0 Å². The van der Waals surface area contributed by atoms with Crippen LogP contribution in [0.4, 0.5) is 0 Å². The maximum atomic E-state index is 12.6. The molecule has 1 N–H and O–H groups in total. The molecule has 0 spiro atoms. The van der Waals surface area contributed by atoms with Crippen LogP contribution in [0.3, 0.4) is 0 Å². The van der Waals surface area contributed by atoms with Crippen molar-refractivity contribution in [1.82, 2.24) is 0 Å². The van der Waals surface area contributed by atoms with E-state index in [0.29, 0.717) is 0 Å². The number of benzene rings is 1. The molecule has 0 fully saturated rings. The lowest BCUT2D eigenvalue weighted by Gasteiger charge is -2.32. The molecule has 0 atom stereocenters. The lowest BCUT2D eigenvalue weighted by atomic mass is 9.85. The average Bonchev–Trinajstić information content (AvgIpc) is 2.37. The molecule has 0 saturated carbocycles. The summed E-state index contributed by atoms with van der Waals surface area (Å²) in [7, 11) is 0. The zero-order valence-corrected chi connectivity index (χ0v) is 13.4. The molecule has 0 unspecified atom stereocenters. The maximum Gasteiger partial charge on any atom is 0.210 e. The van der Waals surface area contributed by atoms with Gasteiger partial charge in [0.25, 0.3) is 0 Å². The van der Waals surface area contributed by atoms with Crippen molar-refractivity contribution in [2.24, 2.45) is 0 Å². The van der Waals surface area contributed by atoms with E-state index in [1.54, 1.807) is 13.8 Å².